The van der Waals surface area contributed by atoms with Crippen LogP contribution in [0.25, 0.3) is 0 Å². The quantitative estimate of drug-likeness (QED) is 0.653. The van der Waals surface area contributed by atoms with Gasteiger partial charge in [-0.15, -0.1) is 0 Å². The second-order valence-corrected chi connectivity index (χ2v) is 10.6. The minimum atomic E-state index is -3.76. The molecule has 3 N–H and O–H groups in total. The molecule has 178 valence electrons. The lowest BCUT2D eigenvalue weighted by Crippen LogP contribution is -2.41. The third-order valence-corrected chi connectivity index (χ3v) is 8.25. The molecule has 2 aromatic heterocycles. The van der Waals surface area contributed by atoms with Crippen LogP contribution in [0.4, 0.5) is 11.5 Å². The van der Waals surface area contributed by atoms with Crippen molar-refractivity contribution in [2.75, 3.05) is 36.4 Å². The van der Waals surface area contributed by atoms with Crippen molar-refractivity contribution >= 4 is 33.3 Å². The lowest BCUT2D eigenvalue weighted by atomic mass is 9.97. The van der Waals surface area contributed by atoms with Gasteiger partial charge in [-0.25, -0.2) is 13.4 Å². The van der Waals surface area contributed by atoms with Crippen LogP contribution in [0, 0.1) is 5.92 Å². The average molecular weight is 475 g/mol. The summed E-state index contributed by atoms with van der Waals surface area (Å²) >= 11 is 0. The molecule has 11 heteroatoms. The van der Waals surface area contributed by atoms with E-state index in [-0.39, 0.29) is 35.5 Å². The first kappa shape index (κ1) is 23.2. The van der Waals surface area contributed by atoms with E-state index < -0.39 is 15.9 Å². The van der Waals surface area contributed by atoms with E-state index in [0.717, 1.165) is 18.9 Å². The van der Waals surface area contributed by atoms with E-state index in [0.29, 0.717) is 18.5 Å². The van der Waals surface area contributed by atoms with Crippen molar-refractivity contribution in [3.8, 4) is 0 Å². The molecule has 0 radical (unpaired) electrons. The zero-order chi connectivity index (χ0) is 23.6. The minimum absolute atomic E-state index is 0.0292. The van der Waals surface area contributed by atoms with Crippen molar-refractivity contribution in [1.29, 1.82) is 0 Å². The van der Waals surface area contributed by atoms with Gasteiger partial charge >= 0.3 is 0 Å². The van der Waals surface area contributed by atoms with Crippen LogP contribution < -0.4 is 16.0 Å². The molecular weight excluding hydrogens is 444 g/mol. The summed E-state index contributed by atoms with van der Waals surface area (Å²) in [6, 6.07) is 5.08. The van der Waals surface area contributed by atoms with Crippen LogP contribution >= 0.6 is 0 Å². The fourth-order valence-corrected chi connectivity index (χ4v) is 5.98. The molecule has 2 aromatic rings. The fourth-order valence-electron chi connectivity index (χ4n) is 4.44. The Morgan fingerprint density at radius 3 is 2.36 bits per heavy atom. The molecule has 0 atom stereocenters. The van der Waals surface area contributed by atoms with Crippen molar-refractivity contribution in [3.63, 3.8) is 0 Å². The smallest absolute Gasteiger partial charge is 0.265 e. The minimum Gasteiger partial charge on any atom is -0.364 e. The number of hydrogen-bond donors (Lipinski definition) is 2. The highest BCUT2D eigenvalue weighted by atomic mass is 32.2. The molecule has 0 aromatic carbocycles. The zero-order valence-electron chi connectivity index (χ0n) is 18.7. The van der Waals surface area contributed by atoms with Gasteiger partial charge in [-0.2, -0.15) is 4.31 Å². The van der Waals surface area contributed by atoms with Gasteiger partial charge in [0.15, 0.2) is 0 Å². The Morgan fingerprint density at radius 2 is 1.79 bits per heavy atom. The topological polar surface area (TPSA) is 131 Å². The molecule has 2 fully saturated rings. The standard InChI is InChI=1S/C22H30N6O4S/c1-26-15-18(13-19(26)21(23)29)33(31,32)28-11-7-16(8-12-28)22(30)25-17-5-6-20(24-14-17)27-9-3-2-4-10-27/h5-6,13-16H,2-4,7-12H2,1H3,(H2,23,29)(H,25,30). The first-order valence-electron chi connectivity index (χ1n) is 11.2. The second kappa shape index (κ2) is 9.52. The number of anilines is 2. The molecule has 2 saturated heterocycles. The molecule has 10 nitrogen and oxygen atoms in total. The number of sulfonamides is 1. The van der Waals surface area contributed by atoms with Crippen molar-refractivity contribution in [3.05, 3.63) is 36.3 Å². The van der Waals surface area contributed by atoms with Gasteiger partial charge in [-0.1, -0.05) is 0 Å². The number of nitrogens with one attached hydrogen (secondary N) is 1. The number of carbonyl (C=O) groups is 2. The van der Waals surface area contributed by atoms with E-state index in [1.54, 1.807) is 13.2 Å². The Morgan fingerprint density at radius 1 is 1.09 bits per heavy atom. The Kier molecular flexibility index (Phi) is 6.71. The molecule has 0 spiro atoms. The number of carbonyl (C=O) groups excluding carboxylic acids is 2. The monoisotopic (exact) mass is 474 g/mol. The third kappa shape index (κ3) is 5.03. The fraction of sp³-hybridized carbons (Fsp3) is 0.500. The molecule has 0 saturated carbocycles. The number of pyridine rings is 1. The van der Waals surface area contributed by atoms with Gasteiger partial charge in [-0.3, -0.25) is 9.59 Å². The predicted molar refractivity (Wildman–Crippen MR) is 124 cm³/mol. The SMILES string of the molecule is Cn1cc(S(=O)(=O)N2CCC(C(=O)Nc3ccc(N4CCCCC4)nc3)CC2)cc1C(N)=O. The Hall–Kier alpha value is -2.92. The van der Waals surface area contributed by atoms with Crippen LogP contribution in [-0.2, 0) is 21.9 Å². The number of primary amides is 1. The molecule has 0 unspecified atom stereocenters. The summed E-state index contributed by atoms with van der Waals surface area (Å²) < 4.78 is 28.7. The summed E-state index contributed by atoms with van der Waals surface area (Å²) in [5.41, 5.74) is 6.06. The molecule has 0 aliphatic carbocycles. The lowest BCUT2D eigenvalue weighted by molar-refractivity contribution is -0.120. The largest absolute Gasteiger partial charge is 0.364 e. The summed E-state index contributed by atoms with van der Waals surface area (Å²) in [7, 11) is -2.19. The first-order chi connectivity index (χ1) is 15.8. The van der Waals surface area contributed by atoms with E-state index in [4.69, 9.17) is 5.73 Å². The number of amides is 2. The number of nitrogens with two attached hydrogens (primary N) is 1. The van der Waals surface area contributed by atoms with Crippen LogP contribution in [0.2, 0.25) is 0 Å². The molecule has 2 aliphatic rings. The van der Waals surface area contributed by atoms with Gasteiger partial charge in [0.2, 0.25) is 15.9 Å². The van der Waals surface area contributed by atoms with E-state index in [1.165, 1.54) is 40.4 Å². The van der Waals surface area contributed by atoms with E-state index in [9.17, 15) is 18.0 Å². The molecule has 4 heterocycles. The van der Waals surface area contributed by atoms with Crippen molar-refractivity contribution < 1.29 is 18.0 Å². The van der Waals surface area contributed by atoms with Crippen LogP contribution in [-0.4, -0.2) is 60.3 Å². The molecular formula is C22H30N6O4S. The van der Waals surface area contributed by atoms with Crippen molar-refractivity contribution in [1.82, 2.24) is 13.9 Å². The lowest BCUT2D eigenvalue weighted by Gasteiger charge is -2.30. The highest BCUT2D eigenvalue weighted by molar-refractivity contribution is 7.89. The van der Waals surface area contributed by atoms with E-state index in [2.05, 4.69) is 15.2 Å². The van der Waals surface area contributed by atoms with Crippen molar-refractivity contribution in [2.45, 2.75) is 37.0 Å². The number of aromatic nitrogens is 2. The Labute approximate surface area is 193 Å². The first-order valence-corrected chi connectivity index (χ1v) is 12.7. The number of nitrogens with zero attached hydrogens (tertiary/aromatic N) is 4. The summed E-state index contributed by atoms with van der Waals surface area (Å²) in [5, 5.41) is 2.91. The molecule has 2 amide bonds. The highest BCUT2D eigenvalue weighted by Gasteiger charge is 2.33. The zero-order valence-corrected chi connectivity index (χ0v) is 19.6. The normalized spacial score (nSPS) is 18.3. The highest BCUT2D eigenvalue weighted by Crippen LogP contribution is 2.26. The summed E-state index contributed by atoms with van der Waals surface area (Å²) in [5.74, 6) is -0.176. The predicted octanol–water partition coefficient (Wildman–Crippen LogP) is 1.55. The van der Waals surface area contributed by atoms with Crippen LogP contribution in [0.5, 0.6) is 0 Å². The summed E-state index contributed by atoms with van der Waals surface area (Å²) in [6.45, 7) is 2.47. The van der Waals surface area contributed by atoms with Crippen LogP contribution in [0.15, 0.2) is 35.5 Å². The maximum atomic E-state index is 13.0. The van der Waals surface area contributed by atoms with Gasteiger partial charge in [0.05, 0.1) is 11.9 Å². The van der Waals surface area contributed by atoms with Gasteiger partial charge in [-0.05, 0) is 50.3 Å². The van der Waals surface area contributed by atoms with Gasteiger partial charge in [0, 0.05) is 45.3 Å². The van der Waals surface area contributed by atoms with Gasteiger partial charge < -0.3 is 20.5 Å². The van der Waals surface area contributed by atoms with E-state index in [1.807, 2.05) is 12.1 Å². The van der Waals surface area contributed by atoms with Gasteiger partial charge in [0.1, 0.15) is 16.4 Å². The summed E-state index contributed by atoms with van der Waals surface area (Å²) in [6.07, 6.45) is 7.49. The number of hydrogen-bond acceptors (Lipinski definition) is 6. The third-order valence-electron chi connectivity index (χ3n) is 6.39. The van der Waals surface area contributed by atoms with Crippen LogP contribution in [0.3, 0.4) is 0 Å². The molecule has 4 rings (SSSR count). The number of piperidine rings is 2. The Balaban J connectivity index is 1.33. The van der Waals surface area contributed by atoms with Gasteiger partial charge in [0.25, 0.3) is 5.91 Å². The number of rotatable bonds is 6. The second-order valence-electron chi connectivity index (χ2n) is 8.66. The van der Waals surface area contributed by atoms with Crippen LogP contribution in [0.1, 0.15) is 42.6 Å². The molecule has 33 heavy (non-hydrogen) atoms. The number of aryl methyl sites for hydroxylation is 1. The maximum Gasteiger partial charge on any atom is 0.265 e. The Bertz CT molecular complexity index is 1110. The van der Waals surface area contributed by atoms with Crippen molar-refractivity contribution in [2.24, 2.45) is 18.7 Å². The van der Waals surface area contributed by atoms with E-state index >= 15 is 0 Å². The average Bonchev–Trinajstić information content (AvgIpc) is 3.23. The molecule has 0 bridgehead atoms. The molecule has 2 aliphatic heterocycles. The maximum absolute atomic E-state index is 13.0. The summed E-state index contributed by atoms with van der Waals surface area (Å²) in [4.78, 5) is 31.0.